The lowest BCUT2D eigenvalue weighted by atomic mass is 9.79. The van der Waals surface area contributed by atoms with E-state index in [1.165, 1.54) is 38.6 Å². The lowest BCUT2D eigenvalue weighted by Gasteiger charge is -2.30. The summed E-state index contributed by atoms with van der Waals surface area (Å²) in [6, 6.07) is 32.9. The van der Waals surface area contributed by atoms with Gasteiger partial charge >= 0.3 is 5.97 Å². The molecule has 0 N–H and O–H groups in total. The summed E-state index contributed by atoms with van der Waals surface area (Å²) in [7, 11) is 0. The van der Waals surface area contributed by atoms with Crippen LogP contribution in [0.2, 0.25) is 0 Å². The quantitative estimate of drug-likeness (QED) is 0.252. The maximum absolute atomic E-state index is 12.6. The highest BCUT2D eigenvalue weighted by molar-refractivity contribution is 6.01. The second-order valence-corrected chi connectivity index (χ2v) is 11.6. The number of fused-ring (bicyclic) bond motifs is 1. The third-order valence-corrected chi connectivity index (χ3v) is 7.66. The molecule has 0 atom stereocenters. The Balaban J connectivity index is 1.41. The summed E-state index contributed by atoms with van der Waals surface area (Å²) < 4.78 is 5.66. The molecule has 4 aromatic carbocycles. The second kappa shape index (κ2) is 10.9. The normalized spacial score (nSPS) is 18.0. The predicted molar refractivity (Wildman–Crippen MR) is 154 cm³/mol. The maximum Gasteiger partial charge on any atom is 0.309 e. The van der Waals surface area contributed by atoms with E-state index in [1.54, 1.807) is 0 Å². The third-order valence-electron chi connectivity index (χ3n) is 7.66. The van der Waals surface area contributed by atoms with Gasteiger partial charge in [-0.3, -0.25) is 4.79 Å². The van der Waals surface area contributed by atoms with E-state index in [4.69, 9.17) is 4.74 Å². The summed E-state index contributed by atoms with van der Waals surface area (Å²) >= 11 is 0. The standard InChI is InChI=1S/C35H38O2/c1-35(2,3)37-34(36)28-20-17-25(18-21-28)19-22-30-24-31(26-11-6-4-7-12-26)23-29-15-10-16-32(33(29)30)27-13-8-5-9-14-27/h4-16,23-25,28H,17-22H2,1-3H3. The molecule has 0 bridgehead atoms. The lowest BCUT2D eigenvalue weighted by Crippen LogP contribution is -2.31. The molecule has 0 aromatic heterocycles. The minimum atomic E-state index is -0.408. The van der Waals surface area contributed by atoms with Crippen molar-refractivity contribution >= 4 is 16.7 Å². The lowest BCUT2D eigenvalue weighted by molar-refractivity contribution is -0.161. The Morgan fingerprint density at radius 2 is 1.41 bits per heavy atom. The first-order valence-electron chi connectivity index (χ1n) is 13.8. The Morgan fingerprint density at radius 1 is 0.757 bits per heavy atom. The molecule has 1 saturated carbocycles. The van der Waals surface area contributed by atoms with E-state index in [-0.39, 0.29) is 11.9 Å². The molecule has 1 fully saturated rings. The van der Waals surface area contributed by atoms with E-state index in [0.29, 0.717) is 5.92 Å². The first-order valence-corrected chi connectivity index (χ1v) is 13.8. The number of carbonyl (C=O) groups excluding carboxylic acids is 1. The van der Waals surface area contributed by atoms with Gasteiger partial charge in [0.2, 0.25) is 0 Å². The number of aryl methyl sites for hydroxylation is 1. The average molecular weight is 491 g/mol. The van der Waals surface area contributed by atoms with Gasteiger partial charge in [0.1, 0.15) is 5.60 Å². The van der Waals surface area contributed by atoms with Crippen LogP contribution in [0.1, 0.15) is 58.4 Å². The Hall–Kier alpha value is -3.39. The fourth-order valence-corrected chi connectivity index (χ4v) is 5.80. The molecule has 0 amide bonds. The van der Waals surface area contributed by atoms with Gasteiger partial charge in [0, 0.05) is 0 Å². The van der Waals surface area contributed by atoms with Crippen molar-refractivity contribution in [2.75, 3.05) is 0 Å². The highest BCUT2D eigenvalue weighted by Gasteiger charge is 2.30. The summed E-state index contributed by atoms with van der Waals surface area (Å²) in [5, 5.41) is 2.67. The van der Waals surface area contributed by atoms with Gasteiger partial charge in [-0.05, 0) is 110 Å². The predicted octanol–water partition coefficient (Wildman–Crippen LogP) is 9.25. The summed E-state index contributed by atoms with van der Waals surface area (Å²) in [6.07, 6.45) is 6.29. The third kappa shape index (κ3) is 6.13. The van der Waals surface area contributed by atoms with Crippen molar-refractivity contribution in [3.05, 3.63) is 96.6 Å². The van der Waals surface area contributed by atoms with E-state index >= 15 is 0 Å². The molecular formula is C35H38O2. The highest BCUT2D eigenvalue weighted by atomic mass is 16.6. The fourth-order valence-electron chi connectivity index (χ4n) is 5.80. The second-order valence-electron chi connectivity index (χ2n) is 11.6. The van der Waals surface area contributed by atoms with Crippen molar-refractivity contribution in [2.24, 2.45) is 11.8 Å². The van der Waals surface area contributed by atoms with Gasteiger partial charge < -0.3 is 4.74 Å². The zero-order chi connectivity index (χ0) is 25.8. The van der Waals surface area contributed by atoms with Crippen molar-refractivity contribution in [3.8, 4) is 22.3 Å². The first-order chi connectivity index (χ1) is 17.9. The van der Waals surface area contributed by atoms with Gasteiger partial charge in [0.15, 0.2) is 0 Å². The van der Waals surface area contributed by atoms with Crippen LogP contribution in [0.25, 0.3) is 33.0 Å². The maximum atomic E-state index is 12.6. The highest BCUT2D eigenvalue weighted by Crippen LogP contribution is 2.38. The zero-order valence-electron chi connectivity index (χ0n) is 22.4. The van der Waals surface area contributed by atoms with Gasteiger partial charge in [0.25, 0.3) is 0 Å². The van der Waals surface area contributed by atoms with Gasteiger partial charge in [-0.15, -0.1) is 0 Å². The summed E-state index contributed by atoms with van der Waals surface area (Å²) in [4.78, 5) is 12.6. The number of esters is 1. The van der Waals surface area contributed by atoms with Gasteiger partial charge in [-0.1, -0.05) is 84.9 Å². The van der Waals surface area contributed by atoms with Gasteiger partial charge in [0.05, 0.1) is 5.92 Å². The van der Waals surface area contributed by atoms with E-state index < -0.39 is 5.60 Å². The summed E-state index contributed by atoms with van der Waals surface area (Å²) in [6.45, 7) is 5.86. The largest absolute Gasteiger partial charge is 0.460 e. The molecule has 4 aromatic rings. The first kappa shape index (κ1) is 25.3. The zero-order valence-corrected chi connectivity index (χ0v) is 22.4. The monoisotopic (exact) mass is 490 g/mol. The number of hydrogen-bond acceptors (Lipinski definition) is 2. The molecule has 0 unspecified atom stereocenters. The Morgan fingerprint density at radius 3 is 2.05 bits per heavy atom. The molecule has 1 aliphatic carbocycles. The Kier molecular flexibility index (Phi) is 7.46. The smallest absolute Gasteiger partial charge is 0.309 e. The van der Waals surface area contributed by atoms with Crippen molar-refractivity contribution in [1.29, 1.82) is 0 Å². The van der Waals surface area contributed by atoms with Crippen LogP contribution >= 0.6 is 0 Å². The Bertz CT molecular complexity index is 1340. The van der Waals surface area contributed by atoms with Crippen LogP contribution in [0.3, 0.4) is 0 Å². The van der Waals surface area contributed by atoms with E-state index in [2.05, 4.69) is 91.0 Å². The van der Waals surface area contributed by atoms with Crippen molar-refractivity contribution in [1.82, 2.24) is 0 Å². The van der Waals surface area contributed by atoms with Crippen molar-refractivity contribution < 1.29 is 9.53 Å². The summed E-state index contributed by atoms with van der Waals surface area (Å²) in [5.74, 6) is 0.695. The van der Waals surface area contributed by atoms with Crippen molar-refractivity contribution in [3.63, 3.8) is 0 Å². The average Bonchev–Trinajstić information content (AvgIpc) is 2.91. The molecule has 190 valence electrons. The molecule has 37 heavy (non-hydrogen) atoms. The van der Waals surface area contributed by atoms with Crippen LogP contribution in [0.15, 0.2) is 91.0 Å². The molecule has 0 heterocycles. The molecular weight excluding hydrogens is 452 g/mol. The number of hydrogen-bond donors (Lipinski definition) is 0. The van der Waals surface area contributed by atoms with Crippen molar-refractivity contribution in [2.45, 2.75) is 64.9 Å². The summed E-state index contributed by atoms with van der Waals surface area (Å²) in [5.41, 5.74) is 6.12. The van der Waals surface area contributed by atoms with Crippen LogP contribution in [-0.2, 0) is 16.0 Å². The number of benzene rings is 4. The van der Waals surface area contributed by atoms with Crippen LogP contribution < -0.4 is 0 Å². The van der Waals surface area contributed by atoms with Crippen LogP contribution in [0.4, 0.5) is 0 Å². The fraction of sp³-hybridized carbons (Fsp3) is 0.343. The number of rotatable bonds is 6. The molecule has 5 rings (SSSR count). The molecule has 0 spiro atoms. The Labute approximate surface area is 221 Å². The molecule has 0 radical (unpaired) electrons. The van der Waals surface area contributed by atoms with Crippen LogP contribution in [0.5, 0.6) is 0 Å². The molecule has 2 nitrogen and oxygen atoms in total. The SMILES string of the molecule is CC(C)(C)OC(=O)C1CCC(CCc2cc(-c3ccccc3)cc3cccc(-c4ccccc4)c23)CC1. The molecule has 2 heteroatoms. The van der Waals surface area contributed by atoms with Gasteiger partial charge in [-0.25, -0.2) is 0 Å². The topological polar surface area (TPSA) is 26.3 Å². The molecule has 0 saturated heterocycles. The minimum Gasteiger partial charge on any atom is -0.460 e. The molecule has 0 aliphatic heterocycles. The number of ether oxygens (including phenoxy) is 1. The van der Waals surface area contributed by atoms with Gasteiger partial charge in [-0.2, -0.15) is 0 Å². The van der Waals surface area contributed by atoms with Crippen LogP contribution in [0, 0.1) is 11.8 Å². The van der Waals surface area contributed by atoms with E-state index in [1.807, 2.05) is 20.8 Å². The van der Waals surface area contributed by atoms with E-state index in [9.17, 15) is 4.79 Å². The van der Waals surface area contributed by atoms with Crippen LogP contribution in [-0.4, -0.2) is 11.6 Å². The number of carbonyl (C=O) groups is 1. The molecule has 1 aliphatic rings. The van der Waals surface area contributed by atoms with E-state index in [0.717, 1.165) is 38.5 Å². The minimum absolute atomic E-state index is 0.0139.